The molecule has 5 rings (SSSR count). The summed E-state index contributed by atoms with van der Waals surface area (Å²) in [6, 6.07) is 8.34. The third-order valence-corrected chi connectivity index (χ3v) is 8.30. The van der Waals surface area contributed by atoms with Crippen molar-refractivity contribution in [2.24, 2.45) is 0 Å². The van der Waals surface area contributed by atoms with Crippen molar-refractivity contribution in [3.8, 4) is 20.6 Å². The molecule has 1 aliphatic rings. The van der Waals surface area contributed by atoms with Crippen LogP contribution in [0, 0.1) is 0 Å². The fraction of sp³-hybridized carbons (Fsp3) is 0.316. The molecule has 5 heterocycles. The Labute approximate surface area is 179 Å². The van der Waals surface area contributed by atoms with Gasteiger partial charge in [-0.1, -0.05) is 23.9 Å². The molecule has 1 aliphatic heterocycles. The zero-order valence-corrected chi connectivity index (χ0v) is 18.3. The minimum atomic E-state index is 0.249. The average molecular weight is 447 g/mol. The minimum absolute atomic E-state index is 0.249. The van der Waals surface area contributed by atoms with Crippen molar-refractivity contribution in [1.29, 1.82) is 0 Å². The number of thioether (sulfide) groups is 1. The monoisotopic (exact) mass is 446 g/mol. The lowest BCUT2D eigenvalue weighted by molar-refractivity contribution is 0.0953. The Morgan fingerprint density at radius 1 is 1.11 bits per heavy atom. The van der Waals surface area contributed by atoms with Crippen molar-refractivity contribution < 1.29 is 4.74 Å². The van der Waals surface area contributed by atoms with Crippen molar-refractivity contribution in [3.63, 3.8) is 0 Å². The largest absolute Gasteiger partial charge is 0.376 e. The normalized spacial score (nSPS) is 16.8. The zero-order valence-electron chi connectivity index (χ0n) is 15.0. The van der Waals surface area contributed by atoms with E-state index in [0.717, 1.165) is 58.3 Å². The van der Waals surface area contributed by atoms with Crippen LogP contribution in [-0.4, -0.2) is 32.5 Å². The third-order valence-electron chi connectivity index (χ3n) is 4.50. The van der Waals surface area contributed by atoms with Crippen LogP contribution in [0.15, 0.2) is 45.6 Å². The van der Waals surface area contributed by atoms with Gasteiger partial charge in [0.25, 0.3) is 0 Å². The molecule has 5 nitrogen and oxygen atoms in total. The molecule has 0 saturated carbocycles. The van der Waals surface area contributed by atoms with Crippen molar-refractivity contribution in [3.05, 3.63) is 46.1 Å². The summed E-state index contributed by atoms with van der Waals surface area (Å²) in [5.74, 6) is 1.72. The summed E-state index contributed by atoms with van der Waals surface area (Å²) >= 11 is 6.82. The van der Waals surface area contributed by atoms with Gasteiger partial charge in [0.1, 0.15) is 5.01 Å². The zero-order chi connectivity index (χ0) is 18.8. The number of ether oxygens (including phenoxy) is 1. The molecular formula is C19H18N4OS4. The van der Waals surface area contributed by atoms with E-state index in [9.17, 15) is 0 Å². The molecule has 0 aliphatic carbocycles. The summed E-state index contributed by atoms with van der Waals surface area (Å²) in [6.45, 7) is 1.66. The Hall–Kier alpha value is -1.52. The van der Waals surface area contributed by atoms with E-state index in [1.165, 1.54) is 4.88 Å². The Morgan fingerprint density at radius 3 is 2.71 bits per heavy atom. The predicted molar refractivity (Wildman–Crippen MR) is 117 cm³/mol. The highest BCUT2D eigenvalue weighted by atomic mass is 32.2. The SMILES string of the molecule is c1csc(-c2nc(CSc3nnc(-c4cccs4)n3C[C@@H]3CCCO3)cs2)c1. The van der Waals surface area contributed by atoms with Gasteiger partial charge in [-0.25, -0.2) is 4.98 Å². The Kier molecular flexibility index (Phi) is 5.59. The quantitative estimate of drug-likeness (QED) is 0.343. The first kappa shape index (κ1) is 18.5. The van der Waals surface area contributed by atoms with Crippen LogP contribution in [0.1, 0.15) is 18.5 Å². The number of nitrogens with zero attached hydrogens (tertiary/aromatic N) is 4. The fourth-order valence-corrected chi connectivity index (χ4v) is 6.46. The molecule has 144 valence electrons. The van der Waals surface area contributed by atoms with Crippen LogP contribution in [0.5, 0.6) is 0 Å². The maximum atomic E-state index is 5.87. The van der Waals surface area contributed by atoms with Crippen LogP contribution in [0.3, 0.4) is 0 Å². The fourth-order valence-electron chi connectivity index (χ4n) is 3.17. The second-order valence-electron chi connectivity index (χ2n) is 6.44. The van der Waals surface area contributed by atoms with E-state index in [1.807, 2.05) is 0 Å². The number of thiazole rings is 1. The maximum absolute atomic E-state index is 5.87. The first-order valence-corrected chi connectivity index (χ1v) is 12.7. The molecule has 28 heavy (non-hydrogen) atoms. The van der Waals surface area contributed by atoms with Gasteiger partial charge in [0.15, 0.2) is 11.0 Å². The average Bonchev–Trinajstić information content (AvgIpc) is 3.53. The van der Waals surface area contributed by atoms with Crippen LogP contribution >= 0.6 is 45.8 Å². The molecule has 1 atom stereocenters. The van der Waals surface area contributed by atoms with Gasteiger partial charge in [-0.05, 0) is 35.7 Å². The van der Waals surface area contributed by atoms with Gasteiger partial charge in [0.05, 0.1) is 28.1 Å². The molecule has 9 heteroatoms. The predicted octanol–water partition coefficient (Wildman–Crippen LogP) is 5.66. The molecule has 0 amide bonds. The van der Waals surface area contributed by atoms with Crippen LogP contribution in [0.25, 0.3) is 20.6 Å². The number of rotatable bonds is 7. The highest BCUT2D eigenvalue weighted by molar-refractivity contribution is 7.98. The van der Waals surface area contributed by atoms with E-state index in [-0.39, 0.29) is 6.10 Å². The van der Waals surface area contributed by atoms with E-state index in [2.05, 4.69) is 55.2 Å². The molecule has 0 aromatic carbocycles. The number of hydrogen-bond donors (Lipinski definition) is 0. The molecule has 1 saturated heterocycles. The van der Waals surface area contributed by atoms with E-state index in [1.54, 1.807) is 45.8 Å². The van der Waals surface area contributed by atoms with Gasteiger partial charge in [0, 0.05) is 17.7 Å². The maximum Gasteiger partial charge on any atom is 0.191 e. The number of thiophene rings is 2. The molecule has 4 aromatic heterocycles. The van der Waals surface area contributed by atoms with Crippen LogP contribution in [0.4, 0.5) is 0 Å². The molecule has 1 fully saturated rings. The lowest BCUT2D eigenvalue weighted by Crippen LogP contribution is -2.16. The van der Waals surface area contributed by atoms with Gasteiger partial charge in [-0.3, -0.25) is 4.57 Å². The summed E-state index contributed by atoms with van der Waals surface area (Å²) in [5, 5.41) is 17.3. The summed E-state index contributed by atoms with van der Waals surface area (Å²) in [6.07, 6.45) is 2.48. The van der Waals surface area contributed by atoms with Crippen molar-refractivity contribution in [2.75, 3.05) is 6.61 Å². The van der Waals surface area contributed by atoms with Gasteiger partial charge in [0.2, 0.25) is 0 Å². The van der Waals surface area contributed by atoms with E-state index in [4.69, 9.17) is 9.72 Å². The highest BCUT2D eigenvalue weighted by Gasteiger charge is 2.22. The first-order valence-electron chi connectivity index (χ1n) is 9.06. The standard InChI is InChI=1S/C19H18N4OS4/c1-4-14(24-7-1)10-23-17(15-5-2-8-25-15)21-22-19(23)28-12-13-11-27-18(20-13)16-6-3-9-26-16/h2-3,5-6,8-9,11,14H,1,4,7,10,12H2/t14-/m0/s1. The van der Waals surface area contributed by atoms with Crippen LogP contribution < -0.4 is 0 Å². The lowest BCUT2D eigenvalue weighted by Gasteiger charge is -2.14. The Morgan fingerprint density at radius 2 is 1.96 bits per heavy atom. The van der Waals surface area contributed by atoms with Crippen LogP contribution in [-0.2, 0) is 17.0 Å². The second kappa shape index (κ2) is 8.46. The van der Waals surface area contributed by atoms with Gasteiger partial charge < -0.3 is 4.74 Å². The summed E-state index contributed by atoms with van der Waals surface area (Å²) < 4.78 is 8.09. The van der Waals surface area contributed by atoms with Crippen molar-refractivity contribution in [2.45, 2.75) is 36.4 Å². The first-order chi connectivity index (χ1) is 13.9. The Bertz CT molecular complexity index is 1020. The second-order valence-corrected chi connectivity index (χ2v) is 10.1. The van der Waals surface area contributed by atoms with Gasteiger partial charge >= 0.3 is 0 Å². The molecule has 0 bridgehead atoms. The van der Waals surface area contributed by atoms with Gasteiger partial charge in [-0.15, -0.1) is 44.2 Å². The molecule has 0 radical (unpaired) electrons. The van der Waals surface area contributed by atoms with Crippen molar-refractivity contribution in [1.82, 2.24) is 19.7 Å². The third kappa shape index (κ3) is 3.95. The van der Waals surface area contributed by atoms with Crippen LogP contribution in [0.2, 0.25) is 0 Å². The smallest absolute Gasteiger partial charge is 0.191 e. The summed E-state index contributed by atoms with van der Waals surface area (Å²) in [5.41, 5.74) is 1.09. The summed E-state index contributed by atoms with van der Waals surface area (Å²) in [7, 11) is 0. The number of aromatic nitrogens is 4. The van der Waals surface area contributed by atoms with E-state index in [0.29, 0.717) is 0 Å². The van der Waals surface area contributed by atoms with E-state index < -0.39 is 0 Å². The summed E-state index contributed by atoms with van der Waals surface area (Å²) in [4.78, 5) is 7.15. The van der Waals surface area contributed by atoms with Gasteiger partial charge in [-0.2, -0.15) is 0 Å². The topological polar surface area (TPSA) is 52.8 Å². The molecule has 4 aromatic rings. The molecule has 0 unspecified atom stereocenters. The molecular weight excluding hydrogens is 429 g/mol. The number of hydrogen-bond acceptors (Lipinski definition) is 8. The lowest BCUT2D eigenvalue weighted by atomic mass is 10.2. The molecule has 0 spiro atoms. The highest BCUT2D eigenvalue weighted by Crippen LogP contribution is 2.32. The minimum Gasteiger partial charge on any atom is -0.376 e. The van der Waals surface area contributed by atoms with E-state index >= 15 is 0 Å². The Balaban J connectivity index is 1.35. The van der Waals surface area contributed by atoms with Crippen molar-refractivity contribution >= 4 is 45.8 Å². The molecule has 0 N–H and O–H groups in total.